The van der Waals surface area contributed by atoms with Crippen molar-refractivity contribution >= 4 is 25.6 Å². The topological polar surface area (TPSA) is 95.1 Å². The van der Waals surface area contributed by atoms with Gasteiger partial charge in [-0.3, -0.25) is 0 Å². The molecular formula is C5H6ClN3O4S. The molecule has 0 fully saturated rings. The summed E-state index contributed by atoms with van der Waals surface area (Å²) in [5.41, 5.74) is 0. The van der Waals surface area contributed by atoms with E-state index in [-0.39, 0.29) is 5.82 Å². The summed E-state index contributed by atoms with van der Waals surface area (Å²) >= 11 is 0. The first-order chi connectivity index (χ1) is 6.25. The SMILES string of the molecule is Cc1nc(S(=O)(=O)Cl)c([N+](=O)[O-])n1C. The zero-order valence-electron chi connectivity index (χ0n) is 7.26. The molecule has 0 aliphatic rings. The lowest BCUT2D eigenvalue weighted by Gasteiger charge is -1.95. The van der Waals surface area contributed by atoms with Crippen molar-refractivity contribution < 1.29 is 13.3 Å². The highest BCUT2D eigenvalue weighted by molar-refractivity contribution is 8.13. The van der Waals surface area contributed by atoms with Crippen LogP contribution in [0.4, 0.5) is 5.82 Å². The zero-order valence-corrected chi connectivity index (χ0v) is 8.83. The van der Waals surface area contributed by atoms with E-state index in [9.17, 15) is 18.5 Å². The van der Waals surface area contributed by atoms with Gasteiger partial charge in [-0.2, -0.15) is 4.98 Å². The average Bonchev–Trinajstić information content (AvgIpc) is 2.27. The van der Waals surface area contributed by atoms with Crippen molar-refractivity contribution in [3.8, 4) is 0 Å². The Labute approximate surface area is 83.9 Å². The molecule has 0 amide bonds. The number of hydrogen-bond acceptors (Lipinski definition) is 5. The Morgan fingerprint density at radius 3 is 2.36 bits per heavy atom. The molecule has 1 aromatic heterocycles. The van der Waals surface area contributed by atoms with E-state index < -0.39 is 24.8 Å². The summed E-state index contributed by atoms with van der Waals surface area (Å²) in [7, 11) is 2.14. The molecule has 0 aliphatic carbocycles. The van der Waals surface area contributed by atoms with Crippen LogP contribution in [-0.2, 0) is 16.1 Å². The fraction of sp³-hybridized carbons (Fsp3) is 0.400. The van der Waals surface area contributed by atoms with Gasteiger partial charge in [0.25, 0.3) is 14.1 Å². The Morgan fingerprint density at radius 1 is 1.57 bits per heavy atom. The lowest BCUT2D eigenvalue weighted by atomic mass is 10.7. The van der Waals surface area contributed by atoms with Gasteiger partial charge in [0.1, 0.15) is 0 Å². The summed E-state index contributed by atoms with van der Waals surface area (Å²) < 4.78 is 22.9. The summed E-state index contributed by atoms with van der Waals surface area (Å²) in [6.45, 7) is 1.44. The van der Waals surface area contributed by atoms with Crippen LogP contribution >= 0.6 is 10.7 Å². The molecule has 0 aromatic carbocycles. The van der Waals surface area contributed by atoms with E-state index in [1.54, 1.807) is 0 Å². The number of hydrogen-bond donors (Lipinski definition) is 0. The summed E-state index contributed by atoms with van der Waals surface area (Å²) in [5.74, 6) is -0.423. The van der Waals surface area contributed by atoms with Gasteiger partial charge in [-0.1, -0.05) is 0 Å². The normalized spacial score (nSPS) is 11.6. The molecule has 0 aliphatic heterocycles. The van der Waals surface area contributed by atoms with Crippen LogP contribution in [-0.4, -0.2) is 22.9 Å². The molecule has 1 heterocycles. The minimum atomic E-state index is -4.18. The quantitative estimate of drug-likeness (QED) is 0.427. The van der Waals surface area contributed by atoms with E-state index in [1.807, 2.05) is 0 Å². The molecule has 0 radical (unpaired) electrons. The summed E-state index contributed by atoms with van der Waals surface area (Å²) in [6, 6.07) is 0. The van der Waals surface area contributed by atoms with Crippen LogP contribution in [0.1, 0.15) is 5.82 Å². The van der Waals surface area contributed by atoms with E-state index in [0.717, 1.165) is 4.57 Å². The van der Waals surface area contributed by atoms with Gasteiger partial charge in [-0.05, 0) is 4.92 Å². The van der Waals surface area contributed by atoms with Crippen LogP contribution in [0.25, 0.3) is 0 Å². The van der Waals surface area contributed by atoms with Gasteiger partial charge in [0.05, 0.1) is 7.05 Å². The molecule has 1 aromatic rings. The summed E-state index contributed by atoms with van der Waals surface area (Å²) in [6.07, 6.45) is 0. The van der Waals surface area contributed by atoms with Gasteiger partial charge in [0.15, 0.2) is 5.82 Å². The molecule has 78 valence electrons. The van der Waals surface area contributed by atoms with Crippen molar-refractivity contribution in [2.75, 3.05) is 0 Å². The zero-order chi connectivity index (χ0) is 11.1. The maximum absolute atomic E-state index is 10.9. The number of rotatable bonds is 2. The predicted octanol–water partition coefficient (Wildman–Crippen LogP) is 0.564. The fourth-order valence-electron chi connectivity index (χ4n) is 0.933. The molecule has 0 spiro atoms. The van der Waals surface area contributed by atoms with E-state index in [4.69, 9.17) is 10.7 Å². The van der Waals surface area contributed by atoms with Gasteiger partial charge < -0.3 is 10.1 Å². The second kappa shape index (κ2) is 3.21. The number of halogens is 1. The second-order valence-corrected chi connectivity index (χ2v) is 5.02. The Kier molecular flexibility index (Phi) is 2.50. The predicted molar refractivity (Wildman–Crippen MR) is 47.6 cm³/mol. The maximum Gasteiger partial charge on any atom is 0.363 e. The Hall–Kier alpha value is -1.15. The first-order valence-electron chi connectivity index (χ1n) is 3.37. The van der Waals surface area contributed by atoms with Crippen LogP contribution in [0, 0.1) is 17.0 Å². The number of imidazole rings is 1. The standard InChI is InChI=1S/C5H6ClN3O4S/c1-3-7-4(14(6,12)13)5(8(3)2)9(10)11/h1-2H3. The maximum atomic E-state index is 10.9. The Morgan fingerprint density at radius 2 is 2.07 bits per heavy atom. The van der Waals surface area contributed by atoms with Crippen molar-refractivity contribution in [1.82, 2.24) is 9.55 Å². The third-order valence-corrected chi connectivity index (χ3v) is 2.84. The lowest BCUT2D eigenvalue weighted by molar-refractivity contribution is -0.394. The van der Waals surface area contributed by atoms with Gasteiger partial charge >= 0.3 is 5.82 Å². The fourth-order valence-corrected chi connectivity index (χ4v) is 1.91. The van der Waals surface area contributed by atoms with Gasteiger partial charge in [0.2, 0.25) is 0 Å². The van der Waals surface area contributed by atoms with Crippen molar-refractivity contribution in [1.29, 1.82) is 0 Å². The van der Waals surface area contributed by atoms with Crippen molar-refractivity contribution in [3.05, 3.63) is 15.9 Å². The summed E-state index contributed by atoms with van der Waals surface area (Å²) in [5, 5.41) is 9.81. The van der Waals surface area contributed by atoms with Crippen molar-refractivity contribution in [2.24, 2.45) is 7.05 Å². The molecule has 0 bridgehead atoms. The van der Waals surface area contributed by atoms with Gasteiger partial charge in [-0.25, -0.2) is 13.0 Å². The molecule has 1 rings (SSSR count). The molecule has 14 heavy (non-hydrogen) atoms. The Bertz CT molecular complexity index is 491. The van der Waals surface area contributed by atoms with Crippen molar-refractivity contribution in [2.45, 2.75) is 11.9 Å². The summed E-state index contributed by atoms with van der Waals surface area (Å²) in [4.78, 5) is 13.2. The molecule has 0 N–H and O–H groups in total. The first-order valence-corrected chi connectivity index (χ1v) is 5.68. The minimum absolute atomic E-state index is 0.205. The molecule has 9 heteroatoms. The van der Waals surface area contributed by atoms with Crippen molar-refractivity contribution in [3.63, 3.8) is 0 Å². The monoisotopic (exact) mass is 239 g/mol. The van der Waals surface area contributed by atoms with Crippen LogP contribution in [0.3, 0.4) is 0 Å². The number of nitrogens with zero attached hydrogens (tertiary/aromatic N) is 3. The van der Waals surface area contributed by atoms with Crippen LogP contribution < -0.4 is 0 Å². The van der Waals surface area contributed by atoms with E-state index in [2.05, 4.69) is 4.98 Å². The smallest absolute Gasteiger partial charge is 0.358 e. The molecule has 0 saturated carbocycles. The highest BCUT2D eigenvalue weighted by Crippen LogP contribution is 2.25. The molecule has 0 saturated heterocycles. The third kappa shape index (κ3) is 1.70. The van der Waals surface area contributed by atoms with Crippen LogP contribution in [0.15, 0.2) is 5.03 Å². The largest absolute Gasteiger partial charge is 0.363 e. The molecule has 0 atom stereocenters. The third-order valence-electron chi connectivity index (χ3n) is 1.66. The second-order valence-electron chi connectivity index (χ2n) is 2.54. The number of aryl methyl sites for hydroxylation is 1. The Balaban J connectivity index is 3.62. The van der Waals surface area contributed by atoms with E-state index >= 15 is 0 Å². The van der Waals surface area contributed by atoms with Gasteiger partial charge in [0, 0.05) is 17.6 Å². The highest BCUT2D eigenvalue weighted by Gasteiger charge is 2.31. The number of nitro groups is 1. The van der Waals surface area contributed by atoms with Crippen LogP contribution in [0.2, 0.25) is 0 Å². The number of aromatic nitrogens is 2. The lowest BCUT2D eigenvalue weighted by Crippen LogP contribution is -2.02. The molecule has 7 nitrogen and oxygen atoms in total. The highest BCUT2D eigenvalue weighted by atomic mass is 35.7. The average molecular weight is 240 g/mol. The van der Waals surface area contributed by atoms with E-state index in [1.165, 1.54) is 14.0 Å². The molecule has 0 unspecified atom stereocenters. The van der Waals surface area contributed by atoms with E-state index in [0.29, 0.717) is 0 Å². The molecular weight excluding hydrogens is 234 g/mol. The van der Waals surface area contributed by atoms with Gasteiger partial charge in [-0.15, -0.1) is 0 Å². The van der Waals surface area contributed by atoms with Crippen LogP contribution in [0.5, 0.6) is 0 Å². The minimum Gasteiger partial charge on any atom is -0.358 e. The first kappa shape index (κ1) is 10.9.